The summed E-state index contributed by atoms with van der Waals surface area (Å²) >= 11 is 1.72. The largest absolute Gasteiger partial charge is 0.310 e. The van der Waals surface area contributed by atoms with E-state index >= 15 is 0 Å². The number of aromatic nitrogens is 1. The zero-order valence-electron chi connectivity index (χ0n) is 7.23. The highest BCUT2D eigenvalue weighted by Crippen LogP contribution is 2.27. The second kappa shape index (κ2) is 6.60. The standard InChI is InChI=1S/C8H12N2S.2ClH/c1-2-7(1)5-9-6-8-10-3-4-11-8;;/h3-4,7,9H,1-2,5-6H2;2*1H. The van der Waals surface area contributed by atoms with E-state index in [2.05, 4.69) is 10.3 Å². The summed E-state index contributed by atoms with van der Waals surface area (Å²) in [5, 5.41) is 6.62. The fourth-order valence-electron chi connectivity index (χ4n) is 1.05. The highest BCUT2D eigenvalue weighted by molar-refractivity contribution is 7.09. The van der Waals surface area contributed by atoms with Gasteiger partial charge in [0.25, 0.3) is 0 Å². The average molecular weight is 241 g/mol. The number of hydrogen-bond acceptors (Lipinski definition) is 3. The van der Waals surface area contributed by atoms with Crippen molar-refractivity contribution in [3.63, 3.8) is 0 Å². The van der Waals surface area contributed by atoms with E-state index in [1.807, 2.05) is 11.6 Å². The molecule has 1 aliphatic rings. The van der Waals surface area contributed by atoms with Gasteiger partial charge in [0.1, 0.15) is 5.01 Å². The fraction of sp³-hybridized carbons (Fsp3) is 0.625. The van der Waals surface area contributed by atoms with Gasteiger partial charge in [0.2, 0.25) is 0 Å². The Bertz CT molecular complexity index is 212. The Morgan fingerprint density at radius 1 is 1.46 bits per heavy atom. The minimum absolute atomic E-state index is 0. The number of thiazole rings is 1. The molecule has 0 saturated heterocycles. The molecule has 5 heteroatoms. The highest BCUT2D eigenvalue weighted by Gasteiger charge is 2.20. The van der Waals surface area contributed by atoms with Crippen LogP contribution in [0.2, 0.25) is 0 Å². The molecule has 0 spiro atoms. The van der Waals surface area contributed by atoms with Gasteiger partial charge in [0.05, 0.1) is 0 Å². The van der Waals surface area contributed by atoms with E-state index in [9.17, 15) is 0 Å². The number of halogens is 2. The number of rotatable bonds is 4. The average Bonchev–Trinajstić information content (AvgIpc) is 2.66. The maximum absolute atomic E-state index is 4.19. The summed E-state index contributed by atoms with van der Waals surface area (Å²) in [6.07, 6.45) is 4.70. The molecule has 1 heterocycles. The van der Waals surface area contributed by atoms with Gasteiger partial charge in [0, 0.05) is 18.1 Å². The Hall–Kier alpha value is 0.170. The van der Waals surface area contributed by atoms with Crippen LogP contribution in [-0.4, -0.2) is 11.5 Å². The van der Waals surface area contributed by atoms with Gasteiger partial charge in [-0.05, 0) is 25.3 Å². The van der Waals surface area contributed by atoms with Gasteiger partial charge in [0.15, 0.2) is 0 Å². The zero-order valence-corrected chi connectivity index (χ0v) is 9.68. The summed E-state index contributed by atoms with van der Waals surface area (Å²) < 4.78 is 0. The van der Waals surface area contributed by atoms with Gasteiger partial charge < -0.3 is 5.32 Å². The van der Waals surface area contributed by atoms with E-state index in [0.717, 1.165) is 12.5 Å². The molecule has 0 aromatic carbocycles. The SMILES string of the molecule is Cl.Cl.c1csc(CNCC2CC2)n1. The molecule has 1 aromatic heterocycles. The Morgan fingerprint density at radius 3 is 2.77 bits per heavy atom. The quantitative estimate of drug-likeness (QED) is 0.876. The van der Waals surface area contributed by atoms with Gasteiger partial charge in [-0.2, -0.15) is 0 Å². The third-order valence-corrected chi connectivity index (χ3v) is 2.67. The van der Waals surface area contributed by atoms with Crippen molar-refractivity contribution >= 4 is 36.2 Å². The molecule has 1 aromatic rings. The molecular weight excluding hydrogens is 227 g/mol. The Labute approximate surface area is 95.0 Å². The van der Waals surface area contributed by atoms with Gasteiger partial charge in [-0.15, -0.1) is 36.2 Å². The normalized spacial score (nSPS) is 14.5. The summed E-state index contributed by atoms with van der Waals surface area (Å²) in [6, 6.07) is 0. The van der Waals surface area contributed by atoms with Crippen molar-refractivity contribution in [1.29, 1.82) is 0 Å². The van der Waals surface area contributed by atoms with Crippen molar-refractivity contribution in [2.75, 3.05) is 6.54 Å². The zero-order chi connectivity index (χ0) is 7.52. The second-order valence-corrected chi connectivity index (χ2v) is 3.98. The summed E-state index contributed by atoms with van der Waals surface area (Å²) in [4.78, 5) is 4.19. The molecule has 0 atom stereocenters. The van der Waals surface area contributed by atoms with Crippen LogP contribution in [-0.2, 0) is 6.54 Å². The van der Waals surface area contributed by atoms with Crippen LogP contribution < -0.4 is 5.32 Å². The fourth-order valence-corrected chi connectivity index (χ4v) is 1.63. The second-order valence-electron chi connectivity index (χ2n) is 3.00. The molecule has 0 bridgehead atoms. The van der Waals surface area contributed by atoms with Crippen molar-refractivity contribution in [3.05, 3.63) is 16.6 Å². The number of hydrogen-bond donors (Lipinski definition) is 1. The van der Waals surface area contributed by atoms with Crippen LogP contribution in [0.4, 0.5) is 0 Å². The summed E-state index contributed by atoms with van der Waals surface area (Å²) in [6.45, 7) is 2.13. The monoisotopic (exact) mass is 240 g/mol. The van der Waals surface area contributed by atoms with E-state index in [1.165, 1.54) is 24.4 Å². The molecular formula is C8H14Cl2N2S. The third kappa shape index (κ3) is 4.81. The first kappa shape index (κ1) is 13.2. The van der Waals surface area contributed by atoms with E-state index in [-0.39, 0.29) is 24.8 Å². The van der Waals surface area contributed by atoms with Crippen molar-refractivity contribution < 1.29 is 0 Å². The van der Waals surface area contributed by atoms with E-state index in [0.29, 0.717) is 0 Å². The maximum Gasteiger partial charge on any atom is 0.106 e. The maximum atomic E-state index is 4.19. The van der Waals surface area contributed by atoms with Gasteiger partial charge >= 0.3 is 0 Å². The van der Waals surface area contributed by atoms with Crippen LogP contribution in [0, 0.1) is 5.92 Å². The molecule has 1 aliphatic carbocycles. The minimum Gasteiger partial charge on any atom is -0.310 e. The predicted octanol–water partition coefficient (Wildman–Crippen LogP) is 2.49. The number of nitrogens with one attached hydrogen (secondary N) is 1. The minimum atomic E-state index is 0. The third-order valence-electron chi connectivity index (χ3n) is 1.89. The lowest BCUT2D eigenvalue weighted by molar-refractivity contribution is 0.637. The molecule has 1 N–H and O–H groups in total. The Kier molecular flexibility index (Phi) is 6.68. The first-order valence-corrected chi connectivity index (χ1v) is 4.92. The molecule has 0 unspecified atom stereocenters. The molecule has 0 radical (unpaired) electrons. The molecule has 0 amide bonds. The topological polar surface area (TPSA) is 24.9 Å². The summed E-state index contributed by atoms with van der Waals surface area (Å²) in [5.41, 5.74) is 0. The Balaban J connectivity index is 0.000000720. The molecule has 0 aliphatic heterocycles. The predicted molar refractivity (Wildman–Crippen MR) is 61.0 cm³/mol. The van der Waals surface area contributed by atoms with Crippen LogP contribution in [0.5, 0.6) is 0 Å². The van der Waals surface area contributed by atoms with E-state index in [4.69, 9.17) is 0 Å². The van der Waals surface area contributed by atoms with Crippen LogP contribution in [0.1, 0.15) is 17.8 Å². The molecule has 1 fully saturated rings. The van der Waals surface area contributed by atoms with Gasteiger partial charge in [-0.1, -0.05) is 0 Å². The lowest BCUT2D eigenvalue weighted by atomic mass is 10.4. The van der Waals surface area contributed by atoms with Crippen LogP contribution in [0.15, 0.2) is 11.6 Å². The van der Waals surface area contributed by atoms with E-state index in [1.54, 1.807) is 11.3 Å². The van der Waals surface area contributed by atoms with E-state index < -0.39 is 0 Å². The highest BCUT2D eigenvalue weighted by atomic mass is 35.5. The Morgan fingerprint density at radius 2 is 2.23 bits per heavy atom. The summed E-state index contributed by atoms with van der Waals surface area (Å²) in [7, 11) is 0. The molecule has 2 rings (SSSR count). The van der Waals surface area contributed by atoms with Crippen LogP contribution in [0.3, 0.4) is 0 Å². The smallest absolute Gasteiger partial charge is 0.106 e. The molecule has 2 nitrogen and oxygen atoms in total. The van der Waals surface area contributed by atoms with Crippen molar-refractivity contribution in [3.8, 4) is 0 Å². The van der Waals surface area contributed by atoms with Crippen LogP contribution in [0.25, 0.3) is 0 Å². The lowest BCUT2D eigenvalue weighted by Crippen LogP contribution is -2.15. The first-order valence-electron chi connectivity index (χ1n) is 4.04. The van der Waals surface area contributed by atoms with Crippen molar-refractivity contribution in [2.45, 2.75) is 19.4 Å². The lowest BCUT2D eigenvalue weighted by Gasteiger charge is -1.98. The molecule has 13 heavy (non-hydrogen) atoms. The van der Waals surface area contributed by atoms with Crippen molar-refractivity contribution in [2.24, 2.45) is 5.92 Å². The van der Waals surface area contributed by atoms with Gasteiger partial charge in [-0.3, -0.25) is 0 Å². The van der Waals surface area contributed by atoms with Gasteiger partial charge in [-0.25, -0.2) is 4.98 Å². The van der Waals surface area contributed by atoms with Crippen molar-refractivity contribution in [1.82, 2.24) is 10.3 Å². The first-order chi connectivity index (χ1) is 5.45. The van der Waals surface area contributed by atoms with Crippen LogP contribution >= 0.6 is 36.2 Å². The molecule has 76 valence electrons. The summed E-state index contributed by atoms with van der Waals surface area (Å²) in [5.74, 6) is 0.968. The molecule has 1 saturated carbocycles. The number of nitrogens with zero attached hydrogens (tertiary/aromatic N) is 1.